The number of halogens is 1. The lowest BCUT2D eigenvalue weighted by Crippen LogP contribution is -1.83. The van der Waals surface area contributed by atoms with E-state index in [0.717, 1.165) is 26.9 Å². The first kappa shape index (κ1) is 8.56. The molecule has 0 bridgehead atoms. The quantitative estimate of drug-likeness (QED) is 0.771. The number of benzene rings is 1. The van der Waals surface area contributed by atoms with E-state index in [1.807, 2.05) is 19.1 Å². The molecule has 0 aliphatic rings. The first-order valence-electron chi connectivity index (χ1n) is 3.82. The Morgan fingerprint density at radius 1 is 1.46 bits per heavy atom. The lowest BCUT2D eigenvalue weighted by molar-refractivity contribution is 0.409. The van der Waals surface area contributed by atoms with Gasteiger partial charge in [0.25, 0.3) is 0 Å². The maximum Gasteiger partial charge on any atom is 0.170 e. The van der Waals surface area contributed by atoms with Crippen LogP contribution >= 0.6 is 15.9 Å². The van der Waals surface area contributed by atoms with Gasteiger partial charge in [0.2, 0.25) is 0 Å². The van der Waals surface area contributed by atoms with Gasteiger partial charge in [-0.2, -0.15) is 0 Å². The molecule has 1 heterocycles. The van der Waals surface area contributed by atoms with Crippen molar-refractivity contribution < 1.29 is 9.26 Å². The molecule has 1 aromatic heterocycles. The Morgan fingerprint density at radius 2 is 2.23 bits per heavy atom. The summed E-state index contributed by atoms with van der Waals surface area (Å²) in [5.41, 5.74) is 1.64. The Hall–Kier alpha value is -1.03. The van der Waals surface area contributed by atoms with Gasteiger partial charge in [-0.15, -0.1) is 0 Å². The highest BCUT2D eigenvalue weighted by Crippen LogP contribution is 2.31. The summed E-state index contributed by atoms with van der Waals surface area (Å²) in [5.74, 6) is 0.753. The number of aromatic nitrogens is 1. The molecule has 68 valence electrons. The Labute approximate surface area is 83.8 Å². The van der Waals surface area contributed by atoms with E-state index in [9.17, 15) is 0 Å². The zero-order chi connectivity index (χ0) is 9.42. The van der Waals surface area contributed by atoms with E-state index in [-0.39, 0.29) is 0 Å². The summed E-state index contributed by atoms with van der Waals surface area (Å²) >= 11 is 3.40. The van der Waals surface area contributed by atoms with Crippen molar-refractivity contribution in [3.63, 3.8) is 0 Å². The summed E-state index contributed by atoms with van der Waals surface area (Å²) in [6.07, 6.45) is 0. The van der Waals surface area contributed by atoms with Gasteiger partial charge < -0.3 is 9.26 Å². The van der Waals surface area contributed by atoms with Crippen LogP contribution in [0.4, 0.5) is 0 Å². The summed E-state index contributed by atoms with van der Waals surface area (Å²) < 4.78 is 11.1. The van der Waals surface area contributed by atoms with Gasteiger partial charge in [-0.1, -0.05) is 5.16 Å². The Morgan fingerprint density at radius 3 is 2.92 bits per heavy atom. The van der Waals surface area contributed by atoms with Crippen molar-refractivity contribution in [2.45, 2.75) is 6.92 Å². The molecule has 1 aromatic carbocycles. The average Bonchev–Trinajstić information content (AvgIpc) is 2.47. The highest BCUT2D eigenvalue weighted by Gasteiger charge is 2.08. The van der Waals surface area contributed by atoms with Crippen LogP contribution in [0.15, 0.2) is 21.1 Å². The molecule has 0 atom stereocenters. The predicted octanol–water partition coefficient (Wildman–Crippen LogP) is 2.91. The minimum absolute atomic E-state index is 0.748. The first-order chi connectivity index (χ1) is 6.22. The molecule has 13 heavy (non-hydrogen) atoms. The molecule has 0 N–H and O–H groups in total. The zero-order valence-corrected chi connectivity index (χ0v) is 8.88. The molecule has 0 saturated heterocycles. The van der Waals surface area contributed by atoms with Crippen molar-refractivity contribution in [3.8, 4) is 5.75 Å². The van der Waals surface area contributed by atoms with Gasteiger partial charge in [-0.25, -0.2) is 0 Å². The van der Waals surface area contributed by atoms with E-state index in [0.29, 0.717) is 0 Å². The normalized spacial score (nSPS) is 10.7. The van der Waals surface area contributed by atoms with Crippen LogP contribution in [-0.2, 0) is 0 Å². The molecule has 0 aliphatic carbocycles. The maximum absolute atomic E-state index is 5.13. The van der Waals surface area contributed by atoms with E-state index in [2.05, 4.69) is 21.1 Å². The largest absolute Gasteiger partial charge is 0.495 e. The number of methoxy groups -OCH3 is 1. The van der Waals surface area contributed by atoms with Crippen LogP contribution < -0.4 is 4.74 Å². The van der Waals surface area contributed by atoms with Crippen molar-refractivity contribution in [1.82, 2.24) is 5.16 Å². The van der Waals surface area contributed by atoms with Crippen molar-refractivity contribution >= 4 is 26.9 Å². The first-order valence-corrected chi connectivity index (χ1v) is 4.61. The Bertz CT molecular complexity index is 450. The summed E-state index contributed by atoms with van der Waals surface area (Å²) in [7, 11) is 1.62. The average molecular weight is 242 g/mol. The number of fused-ring (bicyclic) bond motifs is 1. The summed E-state index contributed by atoms with van der Waals surface area (Å²) in [4.78, 5) is 0. The van der Waals surface area contributed by atoms with Gasteiger partial charge in [-0.05, 0) is 28.9 Å². The van der Waals surface area contributed by atoms with E-state index < -0.39 is 0 Å². The minimum Gasteiger partial charge on any atom is -0.495 e. The molecule has 0 amide bonds. The molecule has 2 aromatic rings. The highest BCUT2D eigenvalue weighted by molar-refractivity contribution is 9.10. The SMILES string of the molecule is COc1cc2onc(C)c2cc1Br. The van der Waals surface area contributed by atoms with Crippen LogP contribution in [0.1, 0.15) is 5.69 Å². The maximum atomic E-state index is 5.13. The molecular weight excluding hydrogens is 234 g/mol. The molecule has 3 nitrogen and oxygen atoms in total. The van der Waals surface area contributed by atoms with Gasteiger partial charge in [0, 0.05) is 11.5 Å². The number of hydrogen-bond donors (Lipinski definition) is 0. The van der Waals surface area contributed by atoms with Crippen molar-refractivity contribution in [2.75, 3.05) is 7.11 Å². The number of aryl methyl sites for hydroxylation is 1. The number of nitrogens with zero attached hydrogens (tertiary/aromatic N) is 1. The fraction of sp³-hybridized carbons (Fsp3) is 0.222. The summed E-state index contributed by atoms with van der Waals surface area (Å²) in [6, 6.07) is 3.76. The van der Waals surface area contributed by atoms with E-state index in [1.54, 1.807) is 7.11 Å². The molecule has 0 radical (unpaired) electrons. The second-order valence-electron chi connectivity index (χ2n) is 2.75. The third-order valence-electron chi connectivity index (χ3n) is 1.92. The van der Waals surface area contributed by atoms with Gasteiger partial charge in [-0.3, -0.25) is 0 Å². The van der Waals surface area contributed by atoms with Gasteiger partial charge >= 0.3 is 0 Å². The topological polar surface area (TPSA) is 35.3 Å². The summed E-state index contributed by atoms with van der Waals surface area (Å²) in [6.45, 7) is 1.91. The van der Waals surface area contributed by atoms with Gasteiger partial charge in [0.05, 0.1) is 17.3 Å². The van der Waals surface area contributed by atoms with Crippen LogP contribution in [0, 0.1) is 6.92 Å². The van der Waals surface area contributed by atoms with E-state index in [1.165, 1.54) is 0 Å². The highest BCUT2D eigenvalue weighted by atomic mass is 79.9. The number of rotatable bonds is 1. The monoisotopic (exact) mass is 241 g/mol. The second kappa shape index (κ2) is 3.03. The van der Waals surface area contributed by atoms with Crippen LogP contribution in [0.25, 0.3) is 11.0 Å². The standard InChI is InChI=1S/C9H8BrNO2/c1-5-6-3-7(10)9(12-2)4-8(6)13-11-5/h3-4H,1-2H3. The van der Waals surface area contributed by atoms with Gasteiger partial charge in [0.1, 0.15) is 5.75 Å². The fourth-order valence-corrected chi connectivity index (χ4v) is 1.72. The number of ether oxygens (including phenoxy) is 1. The van der Waals surface area contributed by atoms with Crippen LogP contribution in [-0.4, -0.2) is 12.3 Å². The predicted molar refractivity (Wildman–Crippen MR) is 53.0 cm³/mol. The molecule has 4 heteroatoms. The molecule has 0 unspecified atom stereocenters. The summed E-state index contributed by atoms with van der Waals surface area (Å²) in [5, 5.41) is 4.87. The molecular formula is C9H8BrNO2. The zero-order valence-electron chi connectivity index (χ0n) is 7.30. The van der Waals surface area contributed by atoms with Crippen molar-refractivity contribution in [2.24, 2.45) is 0 Å². The Kier molecular flexibility index (Phi) is 2.00. The molecule has 0 saturated carbocycles. The third-order valence-corrected chi connectivity index (χ3v) is 2.54. The van der Waals surface area contributed by atoms with Crippen LogP contribution in [0.5, 0.6) is 5.75 Å². The smallest absolute Gasteiger partial charge is 0.170 e. The third kappa shape index (κ3) is 1.31. The van der Waals surface area contributed by atoms with E-state index in [4.69, 9.17) is 9.26 Å². The lowest BCUT2D eigenvalue weighted by atomic mass is 10.2. The van der Waals surface area contributed by atoms with Crippen LogP contribution in [0.3, 0.4) is 0 Å². The van der Waals surface area contributed by atoms with Crippen LogP contribution in [0.2, 0.25) is 0 Å². The molecule has 2 rings (SSSR count). The Balaban J connectivity index is 2.76. The number of hydrogen-bond acceptors (Lipinski definition) is 3. The molecule has 0 aliphatic heterocycles. The van der Waals surface area contributed by atoms with Crippen molar-refractivity contribution in [3.05, 3.63) is 22.3 Å². The molecule has 0 fully saturated rings. The van der Waals surface area contributed by atoms with Crippen molar-refractivity contribution in [1.29, 1.82) is 0 Å². The molecule has 0 spiro atoms. The fourth-order valence-electron chi connectivity index (χ4n) is 1.22. The van der Waals surface area contributed by atoms with E-state index >= 15 is 0 Å². The van der Waals surface area contributed by atoms with Gasteiger partial charge in [0.15, 0.2) is 5.58 Å². The lowest BCUT2D eigenvalue weighted by Gasteiger charge is -2.01. The second-order valence-corrected chi connectivity index (χ2v) is 3.61. The minimum atomic E-state index is 0.748.